The molecular weight excluding hydrogens is 360 g/mol. The first kappa shape index (κ1) is 18.8. The van der Waals surface area contributed by atoms with E-state index in [1.54, 1.807) is 55.5 Å². The van der Waals surface area contributed by atoms with E-state index in [4.69, 9.17) is 4.74 Å². The Bertz CT molecular complexity index is 1010. The molecular formula is C20H18N4O4. The Morgan fingerprint density at radius 1 is 0.929 bits per heavy atom. The number of nitrogens with zero attached hydrogens (tertiary/aromatic N) is 2. The number of carbonyl (C=O) groups is 2. The quantitative estimate of drug-likeness (QED) is 0.532. The van der Waals surface area contributed by atoms with E-state index in [0.717, 1.165) is 0 Å². The van der Waals surface area contributed by atoms with Crippen molar-refractivity contribution in [2.24, 2.45) is 0 Å². The van der Waals surface area contributed by atoms with Crippen LogP contribution in [0.15, 0.2) is 60.9 Å². The van der Waals surface area contributed by atoms with Crippen LogP contribution in [0.3, 0.4) is 0 Å². The van der Waals surface area contributed by atoms with Crippen LogP contribution in [0.4, 0.5) is 23.0 Å². The van der Waals surface area contributed by atoms with Crippen molar-refractivity contribution >= 4 is 34.9 Å². The van der Waals surface area contributed by atoms with Crippen molar-refractivity contribution in [3.63, 3.8) is 0 Å². The second kappa shape index (κ2) is 8.63. The van der Waals surface area contributed by atoms with Crippen LogP contribution in [0.1, 0.15) is 27.6 Å². The van der Waals surface area contributed by atoms with Crippen molar-refractivity contribution in [2.75, 3.05) is 17.2 Å². The summed E-state index contributed by atoms with van der Waals surface area (Å²) in [5.41, 5.74) is 1.46. The monoisotopic (exact) mass is 378 g/mol. The standard InChI is InChI=1S/C20H18N4O4/c1-2-28-20(27)14-8-4-6-10-16(14)24-18-11-17(21-12-22-18)23-15-9-5-3-7-13(15)19(25)26/h3-12H,2H2,1H3,(H,25,26)(H2,21,22,23,24). The molecule has 0 spiro atoms. The molecule has 8 heteroatoms. The minimum Gasteiger partial charge on any atom is -0.478 e. The Balaban J connectivity index is 1.84. The van der Waals surface area contributed by atoms with Crippen molar-refractivity contribution < 1.29 is 19.4 Å². The highest BCUT2D eigenvalue weighted by Crippen LogP contribution is 2.24. The number of anilines is 4. The molecule has 0 atom stereocenters. The van der Waals surface area contributed by atoms with E-state index >= 15 is 0 Å². The fourth-order valence-electron chi connectivity index (χ4n) is 2.53. The highest BCUT2D eigenvalue weighted by molar-refractivity contribution is 5.96. The van der Waals surface area contributed by atoms with E-state index in [2.05, 4.69) is 20.6 Å². The molecule has 0 saturated carbocycles. The second-order valence-electron chi connectivity index (χ2n) is 5.66. The Kier molecular flexibility index (Phi) is 5.81. The van der Waals surface area contributed by atoms with Gasteiger partial charge in [0.05, 0.1) is 29.1 Å². The average Bonchev–Trinajstić information content (AvgIpc) is 2.69. The molecule has 0 aliphatic carbocycles. The zero-order valence-electron chi connectivity index (χ0n) is 15.0. The number of ether oxygens (including phenoxy) is 1. The molecule has 2 aromatic carbocycles. The molecule has 1 aromatic heterocycles. The van der Waals surface area contributed by atoms with Gasteiger partial charge in [0.25, 0.3) is 0 Å². The van der Waals surface area contributed by atoms with Crippen LogP contribution in [0.25, 0.3) is 0 Å². The van der Waals surface area contributed by atoms with Crippen molar-refractivity contribution in [3.05, 3.63) is 72.1 Å². The molecule has 3 aromatic rings. The van der Waals surface area contributed by atoms with Gasteiger partial charge in [0.15, 0.2) is 0 Å². The number of nitrogens with one attached hydrogen (secondary N) is 2. The lowest BCUT2D eigenvalue weighted by molar-refractivity contribution is 0.0527. The van der Waals surface area contributed by atoms with Crippen LogP contribution < -0.4 is 10.6 Å². The van der Waals surface area contributed by atoms with Gasteiger partial charge < -0.3 is 20.5 Å². The fourth-order valence-corrected chi connectivity index (χ4v) is 2.53. The van der Waals surface area contributed by atoms with E-state index < -0.39 is 11.9 Å². The van der Waals surface area contributed by atoms with E-state index in [-0.39, 0.29) is 12.2 Å². The summed E-state index contributed by atoms with van der Waals surface area (Å²) in [4.78, 5) is 31.7. The molecule has 0 saturated heterocycles. The normalized spacial score (nSPS) is 10.2. The third kappa shape index (κ3) is 4.42. The summed E-state index contributed by atoms with van der Waals surface area (Å²) in [6.07, 6.45) is 1.33. The van der Waals surface area contributed by atoms with Crippen LogP contribution in [0, 0.1) is 0 Å². The number of para-hydroxylation sites is 2. The fraction of sp³-hybridized carbons (Fsp3) is 0.100. The smallest absolute Gasteiger partial charge is 0.340 e. The second-order valence-corrected chi connectivity index (χ2v) is 5.66. The molecule has 142 valence electrons. The first-order chi connectivity index (χ1) is 13.6. The molecule has 0 aliphatic rings. The summed E-state index contributed by atoms with van der Waals surface area (Å²) in [5, 5.41) is 15.3. The predicted octanol–water partition coefficient (Wildman–Crippen LogP) is 3.84. The summed E-state index contributed by atoms with van der Waals surface area (Å²) in [5.74, 6) is -0.644. The predicted molar refractivity (Wildman–Crippen MR) is 104 cm³/mol. The van der Waals surface area contributed by atoms with Gasteiger partial charge in [0, 0.05) is 6.07 Å². The largest absolute Gasteiger partial charge is 0.478 e. The molecule has 28 heavy (non-hydrogen) atoms. The number of esters is 1. The molecule has 0 fully saturated rings. The third-order valence-corrected chi connectivity index (χ3v) is 3.77. The number of benzene rings is 2. The first-order valence-corrected chi connectivity index (χ1v) is 8.53. The lowest BCUT2D eigenvalue weighted by Crippen LogP contribution is -2.08. The highest BCUT2D eigenvalue weighted by atomic mass is 16.5. The molecule has 8 nitrogen and oxygen atoms in total. The third-order valence-electron chi connectivity index (χ3n) is 3.77. The lowest BCUT2D eigenvalue weighted by Gasteiger charge is -2.12. The van der Waals surface area contributed by atoms with Gasteiger partial charge in [-0.15, -0.1) is 0 Å². The van der Waals surface area contributed by atoms with Gasteiger partial charge in [-0.05, 0) is 31.2 Å². The van der Waals surface area contributed by atoms with Crippen LogP contribution in [0.5, 0.6) is 0 Å². The zero-order chi connectivity index (χ0) is 19.9. The molecule has 3 rings (SSSR count). The number of aromatic carboxylic acids is 1. The van der Waals surface area contributed by atoms with Crippen molar-refractivity contribution in [2.45, 2.75) is 6.92 Å². The SMILES string of the molecule is CCOC(=O)c1ccccc1Nc1cc(Nc2ccccc2C(=O)O)ncn1. The number of carboxylic acid groups (broad SMARTS) is 1. The number of hydrogen-bond acceptors (Lipinski definition) is 7. The first-order valence-electron chi connectivity index (χ1n) is 8.53. The topological polar surface area (TPSA) is 113 Å². The van der Waals surface area contributed by atoms with Crippen molar-refractivity contribution in [1.29, 1.82) is 0 Å². The van der Waals surface area contributed by atoms with Crippen LogP contribution in [-0.4, -0.2) is 33.6 Å². The van der Waals surface area contributed by atoms with Gasteiger partial charge in [0.2, 0.25) is 0 Å². The van der Waals surface area contributed by atoms with E-state index in [1.807, 2.05) is 0 Å². The minimum atomic E-state index is -1.04. The maximum absolute atomic E-state index is 12.1. The molecule has 0 amide bonds. The summed E-state index contributed by atoms with van der Waals surface area (Å²) in [6, 6.07) is 15.1. The van der Waals surface area contributed by atoms with E-state index in [1.165, 1.54) is 12.4 Å². The summed E-state index contributed by atoms with van der Waals surface area (Å²) in [7, 11) is 0. The van der Waals surface area contributed by atoms with Gasteiger partial charge in [-0.3, -0.25) is 0 Å². The van der Waals surface area contributed by atoms with E-state index in [9.17, 15) is 14.7 Å². The maximum atomic E-state index is 12.1. The van der Waals surface area contributed by atoms with Crippen molar-refractivity contribution in [3.8, 4) is 0 Å². The van der Waals surface area contributed by atoms with Gasteiger partial charge >= 0.3 is 11.9 Å². The Morgan fingerprint density at radius 3 is 2.04 bits per heavy atom. The lowest BCUT2D eigenvalue weighted by atomic mass is 10.1. The van der Waals surface area contributed by atoms with Gasteiger partial charge in [0.1, 0.15) is 18.0 Å². The number of aromatic nitrogens is 2. The molecule has 0 radical (unpaired) electrons. The summed E-state index contributed by atoms with van der Waals surface area (Å²) in [6.45, 7) is 2.02. The van der Waals surface area contributed by atoms with Crippen LogP contribution in [0.2, 0.25) is 0 Å². The number of rotatable bonds is 7. The Hall–Kier alpha value is -3.94. The highest BCUT2D eigenvalue weighted by Gasteiger charge is 2.13. The van der Waals surface area contributed by atoms with Crippen LogP contribution >= 0.6 is 0 Å². The number of carbonyl (C=O) groups excluding carboxylic acids is 1. The molecule has 0 aliphatic heterocycles. The Morgan fingerprint density at radius 2 is 1.46 bits per heavy atom. The average molecular weight is 378 g/mol. The molecule has 0 bridgehead atoms. The molecule has 0 unspecified atom stereocenters. The molecule has 3 N–H and O–H groups in total. The maximum Gasteiger partial charge on any atom is 0.340 e. The summed E-state index contributed by atoms with van der Waals surface area (Å²) < 4.78 is 5.06. The molecule has 1 heterocycles. The zero-order valence-corrected chi connectivity index (χ0v) is 15.0. The van der Waals surface area contributed by atoms with Gasteiger partial charge in [-0.25, -0.2) is 19.6 Å². The summed E-state index contributed by atoms with van der Waals surface area (Å²) >= 11 is 0. The van der Waals surface area contributed by atoms with Gasteiger partial charge in [-0.1, -0.05) is 24.3 Å². The van der Waals surface area contributed by atoms with Gasteiger partial charge in [-0.2, -0.15) is 0 Å². The minimum absolute atomic E-state index is 0.128. The van der Waals surface area contributed by atoms with E-state index in [0.29, 0.717) is 28.6 Å². The number of hydrogen-bond donors (Lipinski definition) is 3. The van der Waals surface area contributed by atoms with Crippen LogP contribution in [-0.2, 0) is 4.74 Å². The number of carboxylic acids is 1. The van der Waals surface area contributed by atoms with Crippen molar-refractivity contribution in [1.82, 2.24) is 9.97 Å². The Labute approximate surface area is 161 Å².